The number of hydrogen-bond donors (Lipinski definition) is 0. The molecule has 0 amide bonds. The van der Waals surface area contributed by atoms with Gasteiger partial charge < -0.3 is 0 Å². The van der Waals surface area contributed by atoms with Crippen LogP contribution in [0.5, 0.6) is 0 Å². The Morgan fingerprint density at radius 3 is 2.43 bits per heavy atom. The molecule has 3 aromatic rings. The average molecular weight is 276 g/mol. The number of hydrogen-bond acceptors (Lipinski definition) is 1. The van der Waals surface area contributed by atoms with Crippen LogP contribution in [0.2, 0.25) is 0 Å². The van der Waals surface area contributed by atoms with Gasteiger partial charge in [0.05, 0.1) is 5.56 Å². The SMILES string of the molecule is O=C(C=Cc1cccc2ccccc12)c1ccccc1F. The van der Waals surface area contributed by atoms with Crippen molar-refractivity contribution in [2.75, 3.05) is 0 Å². The molecule has 0 heterocycles. The molecule has 2 heteroatoms. The van der Waals surface area contributed by atoms with E-state index in [1.54, 1.807) is 18.2 Å². The van der Waals surface area contributed by atoms with Crippen LogP contribution in [0.25, 0.3) is 16.8 Å². The highest BCUT2D eigenvalue weighted by Crippen LogP contribution is 2.20. The lowest BCUT2D eigenvalue weighted by atomic mass is 10.0. The summed E-state index contributed by atoms with van der Waals surface area (Å²) >= 11 is 0. The zero-order chi connectivity index (χ0) is 14.7. The van der Waals surface area contributed by atoms with Crippen LogP contribution in [0.15, 0.2) is 72.8 Å². The van der Waals surface area contributed by atoms with Gasteiger partial charge in [-0.15, -0.1) is 0 Å². The molecule has 0 atom stereocenters. The molecule has 0 fully saturated rings. The smallest absolute Gasteiger partial charge is 0.188 e. The van der Waals surface area contributed by atoms with Crippen LogP contribution in [-0.2, 0) is 0 Å². The van der Waals surface area contributed by atoms with Crippen molar-refractivity contribution >= 4 is 22.6 Å². The highest BCUT2D eigenvalue weighted by Gasteiger charge is 2.07. The maximum Gasteiger partial charge on any atom is 0.188 e. The Balaban J connectivity index is 1.95. The largest absolute Gasteiger partial charge is 0.289 e. The van der Waals surface area contributed by atoms with Gasteiger partial charge in [-0.2, -0.15) is 0 Å². The molecule has 0 N–H and O–H groups in total. The Bertz CT molecular complexity index is 828. The predicted octanol–water partition coefficient (Wildman–Crippen LogP) is 4.88. The number of fused-ring (bicyclic) bond motifs is 1. The molecule has 0 radical (unpaired) electrons. The average Bonchev–Trinajstić information content (AvgIpc) is 2.53. The van der Waals surface area contributed by atoms with Crippen LogP contribution < -0.4 is 0 Å². The minimum atomic E-state index is -0.495. The van der Waals surface area contributed by atoms with Gasteiger partial charge in [-0.05, 0) is 34.5 Å². The topological polar surface area (TPSA) is 17.1 Å². The Labute approximate surface area is 122 Å². The van der Waals surface area contributed by atoms with Crippen LogP contribution in [0, 0.1) is 5.82 Å². The summed E-state index contributed by atoms with van der Waals surface area (Å²) in [6.45, 7) is 0. The van der Waals surface area contributed by atoms with Crippen LogP contribution >= 0.6 is 0 Å². The predicted molar refractivity (Wildman–Crippen MR) is 83.7 cm³/mol. The van der Waals surface area contributed by atoms with Gasteiger partial charge in [0.1, 0.15) is 5.82 Å². The summed E-state index contributed by atoms with van der Waals surface area (Å²) in [5, 5.41) is 2.18. The lowest BCUT2D eigenvalue weighted by Gasteiger charge is -2.02. The monoisotopic (exact) mass is 276 g/mol. The van der Waals surface area contributed by atoms with Crippen molar-refractivity contribution in [3.8, 4) is 0 Å². The molecule has 0 aromatic heterocycles. The summed E-state index contributed by atoms with van der Waals surface area (Å²) in [5.74, 6) is -0.828. The van der Waals surface area contributed by atoms with E-state index in [1.165, 1.54) is 18.2 Å². The minimum absolute atomic E-state index is 0.0917. The van der Waals surface area contributed by atoms with Crippen molar-refractivity contribution in [1.82, 2.24) is 0 Å². The van der Waals surface area contributed by atoms with Gasteiger partial charge in [-0.25, -0.2) is 4.39 Å². The van der Waals surface area contributed by atoms with Gasteiger partial charge in [0.25, 0.3) is 0 Å². The van der Waals surface area contributed by atoms with E-state index in [0.717, 1.165) is 16.3 Å². The third kappa shape index (κ3) is 2.75. The first-order chi connectivity index (χ1) is 10.3. The molecule has 0 saturated carbocycles. The number of halogens is 1. The van der Waals surface area contributed by atoms with Gasteiger partial charge >= 0.3 is 0 Å². The summed E-state index contributed by atoms with van der Waals surface area (Å²) in [4.78, 5) is 12.0. The number of rotatable bonds is 3. The van der Waals surface area contributed by atoms with E-state index in [0.29, 0.717) is 0 Å². The van der Waals surface area contributed by atoms with Crippen molar-refractivity contribution in [3.63, 3.8) is 0 Å². The van der Waals surface area contributed by atoms with Gasteiger partial charge in [-0.1, -0.05) is 60.7 Å². The van der Waals surface area contributed by atoms with E-state index < -0.39 is 5.82 Å². The third-order valence-corrected chi connectivity index (χ3v) is 3.38. The summed E-state index contributed by atoms with van der Waals surface area (Å²) in [5.41, 5.74) is 1.03. The molecule has 0 aliphatic carbocycles. The third-order valence-electron chi connectivity index (χ3n) is 3.38. The van der Waals surface area contributed by atoms with Crippen molar-refractivity contribution in [1.29, 1.82) is 0 Å². The number of carbonyl (C=O) groups is 1. The molecule has 0 bridgehead atoms. The molecule has 3 rings (SSSR count). The van der Waals surface area contributed by atoms with Crippen LogP contribution in [0.3, 0.4) is 0 Å². The Kier molecular flexibility index (Phi) is 3.61. The molecule has 0 saturated heterocycles. The lowest BCUT2D eigenvalue weighted by molar-refractivity contribution is 0.104. The summed E-state index contributed by atoms with van der Waals surface area (Å²) in [6.07, 6.45) is 3.15. The first kappa shape index (κ1) is 13.3. The molecule has 102 valence electrons. The standard InChI is InChI=1S/C19H13FO/c20-18-11-4-3-10-17(18)19(21)13-12-15-8-5-7-14-6-1-2-9-16(14)15/h1-13H. The lowest BCUT2D eigenvalue weighted by Crippen LogP contribution is -1.97. The van der Waals surface area contributed by atoms with Crippen LogP contribution in [0.4, 0.5) is 4.39 Å². The molecular weight excluding hydrogens is 263 g/mol. The first-order valence-corrected chi connectivity index (χ1v) is 6.70. The Hall–Kier alpha value is -2.74. The van der Waals surface area contributed by atoms with Crippen molar-refractivity contribution < 1.29 is 9.18 Å². The van der Waals surface area contributed by atoms with Crippen LogP contribution in [-0.4, -0.2) is 5.78 Å². The quantitative estimate of drug-likeness (QED) is 0.492. The second-order valence-electron chi connectivity index (χ2n) is 4.75. The second kappa shape index (κ2) is 5.71. The molecular formula is C19H13FO. The van der Waals surface area contributed by atoms with E-state index in [-0.39, 0.29) is 11.3 Å². The number of carbonyl (C=O) groups excluding carboxylic acids is 1. The normalized spacial score (nSPS) is 11.1. The molecule has 1 nitrogen and oxygen atoms in total. The summed E-state index contributed by atoms with van der Waals surface area (Å²) in [7, 11) is 0. The minimum Gasteiger partial charge on any atom is -0.289 e. The van der Waals surface area contributed by atoms with Gasteiger partial charge in [0.15, 0.2) is 5.78 Å². The maximum atomic E-state index is 13.6. The van der Waals surface area contributed by atoms with Crippen molar-refractivity contribution in [3.05, 3.63) is 89.8 Å². The Morgan fingerprint density at radius 2 is 1.57 bits per heavy atom. The Morgan fingerprint density at radius 1 is 0.857 bits per heavy atom. The maximum absolute atomic E-state index is 13.6. The first-order valence-electron chi connectivity index (χ1n) is 6.70. The fourth-order valence-electron chi connectivity index (χ4n) is 2.31. The number of benzene rings is 3. The van der Waals surface area contributed by atoms with E-state index in [1.807, 2.05) is 42.5 Å². The van der Waals surface area contributed by atoms with E-state index in [2.05, 4.69) is 0 Å². The number of allylic oxidation sites excluding steroid dienone is 1. The molecule has 3 aromatic carbocycles. The number of ketones is 1. The zero-order valence-electron chi connectivity index (χ0n) is 11.3. The second-order valence-corrected chi connectivity index (χ2v) is 4.75. The van der Waals surface area contributed by atoms with Gasteiger partial charge in [0, 0.05) is 0 Å². The zero-order valence-corrected chi connectivity index (χ0v) is 11.3. The molecule has 0 aliphatic rings. The van der Waals surface area contributed by atoms with Gasteiger partial charge in [-0.3, -0.25) is 4.79 Å². The van der Waals surface area contributed by atoms with Gasteiger partial charge in [0.2, 0.25) is 0 Å². The molecule has 21 heavy (non-hydrogen) atoms. The van der Waals surface area contributed by atoms with E-state index >= 15 is 0 Å². The van der Waals surface area contributed by atoms with E-state index in [4.69, 9.17) is 0 Å². The van der Waals surface area contributed by atoms with E-state index in [9.17, 15) is 9.18 Å². The molecule has 0 aliphatic heterocycles. The fraction of sp³-hybridized carbons (Fsp3) is 0. The van der Waals surface area contributed by atoms with Crippen LogP contribution in [0.1, 0.15) is 15.9 Å². The fourth-order valence-corrected chi connectivity index (χ4v) is 2.31. The summed E-state index contributed by atoms with van der Waals surface area (Å²) in [6, 6.07) is 19.9. The summed E-state index contributed by atoms with van der Waals surface area (Å²) < 4.78 is 13.6. The molecule has 0 unspecified atom stereocenters. The highest BCUT2D eigenvalue weighted by atomic mass is 19.1. The van der Waals surface area contributed by atoms with Crippen molar-refractivity contribution in [2.24, 2.45) is 0 Å². The van der Waals surface area contributed by atoms with Crippen molar-refractivity contribution in [2.45, 2.75) is 0 Å². The highest BCUT2D eigenvalue weighted by molar-refractivity contribution is 6.08. The molecule has 0 spiro atoms.